The van der Waals surface area contributed by atoms with Crippen LogP contribution in [0.1, 0.15) is 83.6 Å². The predicted molar refractivity (Wildman–Crippen MR) is 106 cm³/mol. The zero-order valence-corrected chi connectivity index (χ0v) is 17.1. The second-order valence-electron chi connectivity index (χ2n) is 5.79. The van der Waals surface area contributed by atoms with Gasteiger partial charge in [-0.05, 0) is 35.9 Å². The molecule has 1 heterocycles. The van der Waals surface area contributed by atoms with Crippen molar-refractivity contribution < 1.29 is 0 Å². The lowest BCUT2D eigenvalue weighted by Gasteiger charge is -2.01. The van der Waals surface area contributed by atoms with Gasteiger partial charge in [0.1, 0.15) is 16.7 Å². The molecular formula is C18H30N2S3. The number of aromatic nitrogens is 1. The van der Waals surface area contributed by atoms with E-state index in [9.17, 15) is 5.26 Å². The predicted octanol–water partition coefficient (Wildman–Crippen LogP) is 7.14. The van der Waals surface area contributed by atoms with Crippen LogP contribution in [-0.4, -0.2) is 15.9 Å². The summed E-state index contributed by atoms with van der Waals surface area (Å²) in [5.41, 5.74) is 0.826. The van der Waals surface area contributed by atoms with E-state index < -0.39 is 0 Å². The third-order valence-corrected chi connectivity index (χ3v) is 7.07. The molecule has 1 rings (SSSR count). The summed E-state index contributed by atoms with van der Waals surface area (Å²) in [7, 11) is 0. The van der Waals surface area contributed by atoms with Gasteiger partial charge in [-0.15, -0.1) is 23.5 Å². The zero-order valence-electron chi connectivity index (χ0n) is 14.6. The standard InChI is InChI=1S/C18H30N2S3/c1-3-5-7-9-11-13-21-17-16(15-19)18(23-20-17)22-14-12-10-8-6-4-2/h3-14H2,1-2H3. The SMILES string of the molecule is CCCCCCCSc1nsc(SCCCCCCC)c1C#N. The van der Waals surface area contributed by atoms with Gasteiger partial charge in [0, 0.05) is 0 Å². The molecule has 0 amide bonds. The van der Waals surface area contributed by atoms with Crippen LogP contribution in [0.2, 0.25) is 0 Å². The number of hydrogen-bond acceptors (Lipinski definition) is 5. The molecule has 130 valence electrons. The molecule has 0 saturated carbocycles. The lowest BCUT2D eigenvalue weighted by molar-refractivity contribution is 0.659. The van der Waals surface area contributed by atoms with Crippen LogP contribution in [0.25, 0.3) is 0 Å². The summed E-state index contributed by atoms with van der Waals surface area (Å²) in [6, 6.07) is 2.37. The molecule has 0 saturated heterocycles. The van der Waals surface area contributed by atoms with Crippen LogP contribution in [-0.2, 0) is 0 Å². The molecular weight excluding hydrogens is 340 g/mol. The van der Waals surface area contributed by atoms with Crippen molar-refractivity contribution in [3.05, 3.63) is 5.56 Å². The minimum Gasteiger partial charge on any atom is -0.192 e. The van der Waals surface area contributed by atoms with Gasteiger partial charge in [0.05, 0.1) is 4.21 Å². The molecule has 0 bridgehead atoms. The van der Waals surface area contributed by atoms with E-state index in [2.05, 4.69) is 24.3 Å². The molecule has 0 N–H and O–H groups in total. The van der Waals surface area contributed by atoms with Gasteiger partial charge in [-0.2, -0.15) is 9.64 Å². The van der Waals surface area contributed by atoms with Gasteiger partial charge in [0.2, 0.25) is 0 Å². The lowest BCUT2D eigenvalue weighted by atomic mass is 10.2. The number of nitrogens with zero attached hydrogens (tertiary/aromatic N) is 2. The maximum atomic E-state index is 9.42. The quantitative estimate of drug-likeness (QED) is 0.257. The Hall–Kier alpha value is -0.180. The Morgan fingerprint density at radius 1 is 0.870 bits per heavy atom. The molecule has 23 heavy (non-hydrogen) atoms. The van der Waals surface area contributed by atoms with Crippen LogP contribution in [0.3, 0.4) is 0 Å². The van der Waals surface area contributed by atoms with Gasteiger partial charge in [0.15, 0.2) is 0 Å². The smallest absolute Gasteiger partial charge is 0.129 e. The molecule has 0 aromatic carbocycles. The van der Waals surface area contributed by atoms with Gasteiger partial charge < -0.3 is 0 Å². The van der Waals surface area contributed by atoms with E-state index in [0.717, 1.165) is 26.3 Å². The maximum absolute atomic E-state index is 9.42. The molecule has 0 aliphatic heterocycles. The fraction of sp³-hybridized carbons (Fsp3) is 0.778. The molecule has 0 atom stereocenters. The van der Waals surface area contributed by atoms with E-state index in [-0.39, 0.29) is 0 Å². The largest absolute Gasteiger partial charge is 0.192 e. The first kappa shape index (κ1) is 20.9. The van der Waals surface area contributed by atoms with Crippen LogP contribution >= 0.6 is 35.1 Å². The van der Waals surface area contributed by atoms with E-state index in [1.54, 1.807) is 11.8 Å². The van der Waals surface area contributed by atoms with Crippen molar-refractivity contribution >= 4 is 35.1 Å². The highest BCUT2D eigenvalue weighted by Crippen LogP contribution is 2.35. The molecule has 0 fully saturated rings. The summed E-state index contributed by atoms with van der Waals surface area (Å²) >= 11 is 5.10. The molecule has 0 spiro atoms. The first-order chi connectivity index (χ1) is 11.3. The summed E-state index contributed by atoms with van der Waals surface area (Å²) in [4.78, 5) is 0. The Morgan fingerprint density at radius 3 is 2.00 bits per heavy atom. The molecule has 0 aliphatic carbocycles. The maximum Gasteiger partial charge on any atom is 0.129 e. The van der Waals surface area contributed by atoms with Crippen LogP contribution in [0.15, 0.2) is 9.24 Å². The van der Waals surface area contributed by atoms with Crippen molar-refractivity contribution in [2.24, 2.45) is 0 Å². The van der Waals surface area contributed by atoms with E-state index in [1.165, 1.54) is 75.7 Å². The zero-order chi connectivity index (χ0) is 16.8. The summed E-state index contributed by atoms with van der Waals surface area (Å²) in [5, 5.41) is 10.4. The van der Waals surface area contributed by atoms with Crippen molar-refractivity contribution in [2.75, 3.05) is 11.5 Å². The number of nitriles is 1. The fourth-order valence-corrected chi connectivity index (χ4v) is 5.47. The fourth-order valence-electron chi connectivity index (χ4n) is 2.30. The van der Waals surface area contributed by atoms with Gasteiger partial charge in [-0.1, -0.05) is 65.2 Å². The van der Waals surface area contributed by atoms with E-state index >= 15 is 0 Å². The second-order valence-corrected chi connectivity index (χ2v) is 9.01. The topological polar surface area (TPSA) is 36.7 Å². The average Bonchev–Trinajstić information content (AvgIpc) is 2.96. The second kappa shape index (κ2) is 14.2. The van der Waals surface area contributed by atoms with Crippen LogP contribution in [0.4, 0.5) is 0 Å². The van der Waals surface area contributed by atoms with E-state index in [4.69, 9.17) is 0 Å². The summed E-state index contributed by atoms with van der Waals surface area (Å²) in [5.74, 6) is 2.20. The monoisotopic (exact) mass is 370 g/mol. The molecule has 0 aliphatic rings. The number of thioether (sulfide) groups is 2. The normalized spacial score (nSPS) is 10.8. The highest BCUT2D eigenvalue weighted by atomic mass is 32.2. The third-order valence-electron chi connectivity index (χ3n) is 3.71. The highest BCUT2D eigenvalue weighted by molar-refractivity contribution is 8.01. The molecule has 0 unspecified atom stereocenters. The van der Waals surface area contributed by atoms with Gasteiger partial charge in [-0.3, -0.25) is 0 Å². The Morgan fingerprint density at radius 2 is 1.43 bits per heavy atom. The summed E-state index contributed by atoms with van der Waals surface area (Å²) in [6.07, 6.45) is 13.0. The first-order valence-corrected chi connectivity index (χ1v) is 11.7. The molecule has 0 radical (unpaired) electrons. The molecule has 2 nitrogen and oxygen atoms in total. The molecule has 1 aromatic rings. The third kappa shape index (κ3) is 9.02. The van der Waals surface area contributed by atoms with Crippen LogP contribution in [0, 0.1) is 11.3 Å². The number of unbranched alkanes of at least 4 members (excludes halogenated alkanes) is 8. The molecule has 5 heteroatoms. The summed E-state index contributed by atoms with van der Waals surface area (Å²) in [6.45, 7) is 4.49. The Balaban J connectivity index is 2.28. The van der Waals surface area contributed by atoms with Crippen LogP contribution in [0.5, 0.6) is 0 Å². The Kier molecular flexibility index (Phi) is 12.9. The minimum absolute atomic E-state index is 0.826. The number of hydrogen-bond donors (Lipinski definition) is 0. The van der Waals surface area contributed by atoms with Gasteiger partial charge in [-0.25, -0.2) is 0 Å². The van der Waals surface area contributed by atoms with E-state index in [1.807, 2.05) is 11.8 Å². The van der Waals surface area contributed by atoms with Crippen molar-refractivity contribution in [3.63, 3.8) is 0 Å². The average molecular weight is 371 g/mol. The Bertz CT molecular complexity index is 418. The van der Waals surface area contributed by atoms with Gasteiger partial charge in [0.25, 0.3) is 0 Å². The van der Waals surface area contributed by atoms with Crippen molar-refractivity contribution in [1.82, 2.24) is 4.37 Å². The lowest BCUT2D eigenvalue weighted by Crippen LogP contribution is -1.85. The van der Waals surface area contributed by atoms with Crippen LogP contribution < -0.4 is 0 Å². The summed E-state index contributed by atoms with van der Waals surface area (Å²) < 4.78 is 5.63. The van der Waals surface area contributed by atoms with Crippen molar-refractivity contribution in [3.8, 4) is 6.07 Å². The van der Waals surface area contributed by atoms with Crippen molar-refractivity contribution in [1.29, 1.82) is 5.26 Å². The van der Waals surface area contributed by atoms with E-state index in [0.29, 0.717) is 0 Å². The highest BCUT2D eigenvalue weighted by Gasteiger charge is 2.14. The first-order valence-electron chi connectivity index (χ1n) is 8.98. The number of rotatable bonds is 14. The molecule has 1 aromatic heterocycles. The minimum atomic E-state index is 0.826. The van der Waals surface area contributed by atoms with Gasteiger partial charge >= 0.3 is 0 Å². The van der Waals surface area contributed by atoms with Crippen molar-refractivity contribution in [2.45, 2.75) is 87.3 Å². The Labute approximate surface area is 155 Å².